The number of pyridine rings is 1. The average molecular weight is 540 g/mol. The predicted molar refractivity (Wildman–Crippen MR) is 174 cm³/mol. The van der Waals surface area contributed by atoms with Crippen molar-refractivity contribution in [3.63, 3.8) is 0 Å². The molecular weight excluding hydrogens is 498 g/mol. The maximum absolute atomic E-state index is 6.98. The zero-order valence-corrected chi connectivity index (χ0v) is 25.8. The second-order valence-electron chi connectivity index (χ2n) is 14.8. The number of aryl methyl sites for hydroxylation is 1. The molecule has 0 saturated carbocycles. The number of ether oxygens (including phenoxy) is 1. The highest BCUT2D eigenvalue weighted by Crippen LogP contribution is 2.53. The number of hydrogen-bond acceptors (Lipinski definition) is 2. The van der Waals surface area contributed by atoms with Crippen LogP contribution in [0.5, 0.6) is 11.5 Å². The Kier molecular flexibility index (Phi) is 5.56. The summed E-state index contributed by atoms with van der Waals surface area (Å²) in [7, 11) is 0. The molecule has 2 aliphatic rings. The highest BCUT2D eigenvalue weighted by Gasteiger charge is 2.35. The van der Waals surface area contributed by atoms with Gasteiger partial charge in [0, 0.05) is 17.3 Å². The summed E-state index contributed by atoms with van der Waals surface area (Å²) in [4.78, 5) is 4.95. The van der Waals surface area contributed by atoms with Crippen LogP contribution in [0.3, 0.4) is 0 Å². The Morgan fingerprint density at radius 1 is 0.780 bits per heavy atom. The molecule has 0 radical (unpaired) electrons. The maximum Gasteiger partial charge on any atom is 0.141 e. The van der Waals surface area contributed by atoms with Crippen molar-refractivity contribution >= 4 is 21.5 Å². The summed E-state index contributed by atoms with van der Waals surface area (Å²) in [6.07, 6.45) is 5.67. The summed E-state index contributed by atoms with van der Waals surface area (Å²) >= 11 is 0. The quantitative estimate of drug-likeness (QED) is 0.194. The Morgan fingerprint density at radius 2 is 1.49 bits per heavy atom. The lowest BCUT2D eigenvalue weighted by Gasteiger charge is -2.32. The molecule has 1 aliphatic carbocycles. The van der Waals surface area contributed by atoms with Gasteiger partial charge in [-0.3, -0.25) is 4.98 Å². The molecule has 0 unspecified atom stereocenters. The van der Waals surface area contributed by atoms with E-state index in [1.165, 1.54) is 68.8 Å². The fourth-order valence-corrected chi connectivity index (χ4v) is 7.56. The third-order valence-electron chi connectivity index (χ3n) is 9.78. The average Bonchev–Trinajstić information content (AvgIpc) is 2.99. The SMILES string of the molecule is Cc1cc2c(cc1-c1cc3c4c(nccc4c1)-c1cc4ccccc4c(C(C)(C)C)c1O3)C(C)(C)CCCC2(C)C. The molecule has 1 aromatic heterocycles. The van der Waals surface area contributed by atoms with Gasteiger partial charge in [0.2, 0.25) is 0 Å². The molecular formula is C39H41NO. The summed E-state index contributed by atoms with van der Waals surface area (Å²) in [5.41, 5.74) is 10.4. The van der Waals surface area contributed by atoms with Crippen molar-refractivity contribution in [1.82, 2.24) is 4.98 Å². The smallest absolute Gasteiger partial charge is 0.141 e. The van der Waals surface area contributed by atoms with Crippen molar-refractivity contribution in [3.8, 4) is 33.9 Å². The molecule has 1 aliphatic heterocycles. The van der Waals surface area contributed by atoms with Gasteiger partial charge in [-0.25, -0.2) is 0 Å². The third-order valence-corrected chi connectivity index (χ3v) is 9.78. The number of hydrogen-bond donors (Lipinski definition) is 0. The van der Waals surface area contributed by atoms with Crippen LogP contribution in [0.2, 0.25) is 0 Å². The van der Waals surface area contributed by atoms with E-state index >= 15 is 0 Å². The topological polar surface area (TPSA) is 22.1 Å². The maximum atomic E-state index is 6.98. The van der Waals surface area contributed by atoms with Crippen molar-refractivity contribution in [1.29, 1.82) is 0 Å². The first-order chi connectivity index (χ1) is 19.3. The lowest BCUT2D eigenvalue weighted by Crippen LogP contribution is -2.22. The van der Waals surface area contributed by atoms with Gasteiger partial charge in [0.25, 0.3) is 0 Å². The minimum Gasteiger partial charge on any atom is -0.456 e. The number of fused-ring (bicyclic) bond motifs is 4. The summed E-state index contributed by atoms with van der Waals surface area (Å²) in [5, 5.41) is 4.75. The monoisotopic (exact) mass is 539 g/mol. The van der Waals surface area contributed by atoms with Crippen molar-refractivity contribution < 1.29 is 4.74 Å². The zero-order valence-electron chi connectivity index (χ0n) is 25.8. The summed E-state index contributed by atoms with van der Waals surface area (Å²) in [6, 6.07) is 22.7. The normalized spacial score (nSPS) is 17.1. The standard InChI is InChI=1S/C39H41NO/c1-23-18-30-31(39(7,8)16-11-15-38(30,5)6)22-28(23)26-19-25-14-17-40-35-29-20-24-12-9-10-13-27(24)34(37(2,3)4)36(29)41-32(21-26)33(25)35/h9-10,12-14,17-22H,11,15-16H2,1-8H3. The number of benzene rings is 4. The molecule has 41 heavy (non-hydrogen) atoms. The molecule has 0 fully saturated rings. The lowest BCUT2D eigenvalue weighted by molar-refractivity contribution is 0.433. The van der Waals surface area contributed by atoms with Crippen LogP contribution in [-0.4, -0.2) is 4.98 Å². The molecule has 0 bridgehead atoms. The highest BCUT2D eigenvalue weighted by atomic mass is 16.5. The van der Waals surface area contributed by atoms with E-state index in [-0.39, 0.29) is 16.2 Å². The van der Waals surface area contributed by atoms with Crippen LogP contribution in [-0.2, 0) is 16.2 Å². The number of rotatable bonds is 1. The molecule has 0 amide bonds. The minimum atomic E-state index is -0.0973. The van der Waals surface area contributed by atoms with Crippen LogP contribution in [0, 0.1) is 6.92 Å². The lowest BCUT2D eigenvalue weighted by atomic mass is 9.73. The van der Waals surface area contributed by atoms with Crippen molar-refractivity contribution in [2.75, 3.05) is 0 Å². The first-order valence-corrected chi connectivity index (χ1v) is 15.2. The predicted octanol–water partition coefficient (Wildman–Crippen LogP) is 11.2. The van der Waals surface area contributed by atoms with E-state index in [2.05, 4.69) is 116 Å². The molecule has 0 N–H and O–H groups in total. The molecule has 0 saturated heterocycles. The van der Waals surface area contributed by atoms with Gasteiger partial charge in [-0.05, 0) is 104 Å². The van der Waals surface area contributed by atoms with Crippen LogP contribution >= 0.6 is 0 Å². The Labute approximate surface area is 244 Å². The second kappa shape index (κ2) is 8.68. The molecule has 4 aromatic carbocycles. The van der Waals surface area contributed by atoms with Gasteiger partial charge in [0.1, 0.15) is 11.5 Å². The van der Waals surface area contributed by atoms with Crippen LogP contribution in [0.25, 0.3) is 43.9 Å². The molecule has 2 nitrogen and oxygen atoms in total. The Hall–Kier alpha value is -3.65. The summed E-state index contributed by atoms with van der Waals surface area (Å²) in [5.74, 6) is 1.85. The highest BCUT2D eigenvalue weighted by molar-refractivity contribution is 6.07. The fraction of sp³-hybridized carbons (Fsp3) is 0.359. The molecule has 2 heteroatoms. The molecule has 7 rings (SSSR count). The van der Waals surface area contributed by atoms with Crippen molar-refractivity contribution in [3.05, 3.63) is 89.1 Å². The molecule has 2 heterocycles. The van der Waals surface area contributed by atoms with Gasteiger partial charge < -0.3 is 4.74 Å². The van der Waals surface area contributed by atoms with Crippen molar-refractivity contribution in [2.45, 2.75) is 90.9 Å². The van der Waals surface area contributed by atoms with Gasteiger partial charge in [-0.15, -0.1) is 0 Å². The van der Waals surface area contributed by atoms with E-state index in [1.807, 2.05) is 6.20 Å². The Morgan fingerprint density at radius 3 is 2.22 bits per heavy atom. The van der Waals surface area contributed by atoms with E-state index in [9.17, 15) is 0 Å². The van der Waals surface area contributed by atoms with Crippen LogP contribution < -0.4 is 4.74 Å². The van der Waals surface area contributed by atoms with Crippen LogP contribution in [0.1, 0.15) is 90.0 Å². The molecule has 0 spiro atoms. The first-order valence-electron chi connectivity index (χ1n) is 15.2. The van der Waals surface area contributed by atoms with Crippen molar-refractivity contribution in [2.24, 2.45) is 0 Å². The summed E-state index contributed by atoms with van der Waals surface area (Å²) < 4.78 is 6.98. The number of aromatic nitrogens is 1. The van der Waals surface area contributed by atoms with E-state index in [1.54, 1.807) is 0 Å². The van der Waals surface area contributed by atoms with E-state index in [0.717, 1.165) is 28.1 Å². The largest absolute Gasteiger partial charge is 0.456 e. The fourth-order valence-electron chi connectivity index (χ4n) is 7.56. The molecule has 208 valence electrons. The van der Waals surface area contributed by atoms with E-state index in [0.29, 0.717) is 0 Å². The third kappa shape index (κ3) is 4.02. The van der Waals surface area contributed by atoms with E-state index in [4.69, 9.17) is 9.72 Å². The van der Waals surface area contributed by atoms with Gasteiger partial charge >= 0.3 is 0 Å². The Bertz CT molecular complexity index is 1880. The minimum absolute atomic E-state index is 0.0973. The zero-order chi connectivity index (χ0) is 28.9. The van der Waals surface area contributed by atoms with Crippen LogP contribution in [0.4, 0.5) is 0 Å². The van der Waals surface area contributed by atoms with E-state index < -0.39 is 0 Å². The molecule has 5 aromatic rings. The van der Waals surface area contributed by atoms with Crippen LogP contribution in [0.15, 0.2) is 66.9 Å². The Balaban J connectivity index is 1.49. The summed E-state index contributed by atoms with van der Waals surface area (Å²) in [6.45, 7) is 18.8. The second-order valence-corrected chi connectivity index (χ2v) is 14.8. The van der Waals surface area contributed by atoms with Gasteiger partial charge in [-0.1, -0.05) is 91.3 Å². The molecule has 0 atom stereocenters. The van der Waals surface area contributed by atoms with Gasteiger partial charge in [-0.2, -0.15) is 0 Å². The number of nitrogens with zero attached hydrogens (tertiary/aromatic N) is 1. The van der Waals surface area contributed by atoms with Gasteiger partial charge in [0.05, 0.1) is 11.1 Å². The van der Waals surface area contributed by atoms with Gasteiger partial charge in [0.15, 0.2) is 0 Å². The first kappa shape index (κ1) is 26.3.